The first-order chi connectivity index (χ1) is 7.66. The molecule has 0 bridgehead atoms. The molecule has 0 radical (unpaired) electrons. The fourth-order valence-corrected chi connectivity index (χ4v) is 1.19. The Morgan fingerprint density at radius 2 is 2.31 bits per heavy atom. The molecule has 0 aliphatic rings. The molecule has 2 rings (SSSR count). The van der Waals surface area contributed by atoms with E-state index < -0.39 is 5.91 Å². The Morgan fingerprint density at radius 3 is 2.94 bits per heavy atom. The van der Waals surface area contributed by atoms with Gasteiger partial charge in [0.05, 0.1) is 0 Å². The number of H-pyrrole nitrogens is 1. The molecule has 16 heavy (non-hydrogen) atoms. The van der Waals surface area contributed by atoms with Crippen molar-refractivity contribution in [1.82, 2.24) is 20.4 Å². The lowest BCUT2D eigenvalue weighted by atomic mass is 10.3. The molecule has 7 nitrogen and oxygen atoms in total. The quantitative estimate of drug-likeness (QED) is 0.673. The minimum absolute atomic E-state index is 0.0586. The topological polar surface area (TPSA) is 110 Å². The maximum absolute atomic E-state index is 11.7. The van der Waals surface area contributed by atoms with Crippen molar-refractivity contribution in [3.05, 3.63) is 29.6 Å². The summed E-state index contributed by atoms with van der Waals surface area (Å²) in [5.41, 5.74) is 6.50. The van der Waals surface area contributed by atoms with Crippen LogP contribution < -0.4 is 11.1 Å². The lowest BCUT2D eigenvalue weighted by Crippen LogP contribution is -2.15. The van der Waals surface area contributed by atoms with Gasteiger partial charge in [0, 0.05) is 6.20 Å². The summed E-state index contributed by atoms with van der Waals surface area (Å²) in [5.74, 6) is 0.0712. The second kappa shape index (κ2) is 3.97. The van der Waals surface area contributed by atoms with Gasteiger partial charge in [-0.05, 0) is 24.6 Å². The van der Waals surface area contributed by atoms with Crippen molar-refractivity contribution >= 4 is 17.5 Å². The Bertz CT molecular complexity index is 520. The number of rotatable bonds is 2. The number of anilines is 2. The Kier molecular flexibility index (Phi) is 2.50. The zero-order valence-corrected chi connectivity index (χ0v) is 8.56. The molecule has 0 saturated carbocycles. The molecule has 0 aromatic carbocycles. The van der Waals surface area contributed by atoms with Crippen LogP contribution in [0.4, 0.5) is 11.6 Å². The van der Waals surface area contributed by atoms with Gasteiger partial charge in [-0.2, -0.15) is 5.21 Å². The number of pyridine rings is 1. The third kappa shape index (κ3) is 1.97. The maximum Gasteiger partial charge on any atom is 0.281 e. The molecule has 0 unspecified atom stereocenters. The number of nitrogens with zero attached hydrogens (tertiary/aromatic N) is 3. The van der Waals surface area contributed by atoms with Gasteiger partial charge < -0.3 is 11.1 Å². The molecule has 2 aromatic heterocycles. The van der Waals surface area contributed by atoms with Gasteiger partial charge in [0.15, 0.2) is 11.5 Å². The van der Waals surface area contributed by atoms with E-state index in [1.165, 1.54) is 0 Å². The van der Waals surface area contributed by atoms with Crippen molar-refractivity contribution < 1.29 is 4.79 Å². The van der Waals surface area contributed by atoms with E-state index in [1.54, 1.807) is 12.3 Å². The number of hydrogen-bond donors (Lipinski definition) is 3. The minimum Gasteiger partial charge on any atom is -0.380 e. The third-order valence-electron chi connectivity index (χ3n) is 1.95. The second-order valence-corrected chi connectivity index (χ2v) is 3.23. The number of aryl methyl sites for hydroxylation is 1. The molecule has 82 valence electrons. The van der Waals surface area contributed by atoms with Gasteiger partial charge in [0.1, 0.15) is 5.82 Å². The zero-order chi connectivity index (χ0) is 11.5. The van der Waals surface area contributed by atoms with Crippen molar-refractivity contribution in [2.75, 3.05) is 11.1 Å². The van der Waals surface area contributed by atoms with E-state index in [4.69, 9.17) is 5.73 Å². The lowest BCUT2D eigenvalue weighted by molar-refractivity contribution is 0.102. The van der Waals surface area contributed by atoms with E-state index in [2.05, 4.69) is 25.7 Å². The SMILES string of the molecule is Cc1ccnc(NC(=O)c2n[nH]nc2N)c1. The molecule has 0 spiro atoms. The van der Waals surface area contributed by atoms with Crippen molar-refractivity contribution in [2.24, 2.45) is 0 Å². The van der Waals surface area contributed by atoms with Gasteiger partial charge in [-0.3, -0.25) is 4.79 Å². The van der Waals surface area contributed by atoms with Crippen LogP contribution in [-0.4, -0.2) is 26.3 Å². The highest BCUT2D eigenvalue weighted by Crippen LogP contribution is 2.09. The van der Waals surface area contributed by atoms with E-state index in [0.717, 1.165) is 5.56 Å². The van der Waals surface area contributed by atoms with Crippen LogP contribution in [0.5, 0.6) is 0 Å². The summed E-state index contributed by atoms with van der Waals surface area (Å²) in [5, 5.41) is 12.0. The highest BCUT2D eigenvalue weighted by Gasteiger charge is 2.14. The number of aromatic nitrogens is 4. The number of aromatic amines is 1. The Morgan fingerprint density at radius 1 is 1.50 bits per heavy atom. The van der Waals surface area contributed by atoms with Gasteiger partial charge in [-0.1, -0.05) is 0 Å². The summed E-state index contributed by atoms with van der Waals surface area (Å²) in [6, 6.07) is 3.58. The molecular formula is C9H10N6O. The lowest BCUT2D eigenvalue weighted by Gasteiger charge is -2.02. The molecule has 0 saturated heterocycles. The van der Waals surface area contributed by atoms with Gasteiger partial charge in [0.2, 0.25) is 0 Å². The Balaban J connectivity index is 2.17. The van der Waals surface area contributed by atoms with Crippen molar-refractivity contribution in [2.45, 2.75) is 6.92 Å². The van der Waals surface area contributed by atoms with Crippen LogP contribution in [-0.2, 0) is 0 Å². The summed E-state index contributed by atoms with van der Waals surface area (Å²) < 4.78 is 0. The smallest absolute Gasteiger partial charge is 0.281 e. The molecule has 7 heteroatoms. The first-order valence-electron chi connectivity index (χ1n) is 4.57. The average Bonchev–Trinajstić information content (AvgIpc) is 2.64. The molecule has 0 fully saturated rings. The summed E-state index contributed by atoms with van der Waals surface area (Å²) in [7, 11) is 0. The monoisotopic (exact) mass is 218 g/mol. The van der Waals surface area contributed by atoms with Crippen LogP contribution in [0.3, 0.4) is 0 Å². The van der Waals surface area contributed by atoms with Gasteiger partial charge in [-0.25, -0.2) is 4.98 Å². The number of amides is 1. The number of nitrogen functional groups attached to an aromatic ring is 1. The van der Waals surface area contributed by atoms with Crippen molar-refractivity contribution in [3.8, 4) is 0 Å². The standard InChI is InChI=1S/C9H10N6O/c1-5-2-3-11-6(4-5)12-9(16)7-8(10)14-15-13-7/h2-4H,1H3,(H,11,12,16)(H3,10,13,14,15). The minimum atomic E-state index is -0.440. The number of hydrogen-bond acceptors (Lipinski definition) is 5. The number of nitrogens with one attached hydrogen (secondary N) is 2. The van der Waals surface area contributed by atoms with Crippen LogP contribution in [0.25, 0.3) is 0 Å². The molecule has 4 N–H and O–H groups in total. The molecular weight excluding hydrogens is 208 g/mol. The summed E-state index contributed by atoms with van der Waals surface area (Å²) in [6.07, 6.45) is 1.61. The van der Waals surface area contributed by atoms with E-state index in [-0.39, 0.29) is 11.5 Å². The van der Waals surface area contributed by atoms with Crippen LogP contribution in [0.15, 0.2) is 18.3 Å². The largest absolute Gasteiger partial charge is 0.380 e. The van der Waals surface area contributed by atoms with Gasteiger partial charge >= 0.3 is 0 Å². The van der Waals surface area contributed by atoms with Crippen molar-refractivity contribution in [1.29, 1.82) is 0 Å². The van der Waals surface area contributed by atoms with Crippen LogP contribution in [0.2, 0.25) is 0 Å². The molecule has 0 atom stereocenters. The number of nitrogens with two attached hydrogens (primary N) is 1. The highest BCUT2D eigenvalue weighted by molar-refractivity contribution is 6.05. The van der Waals surface area contributed by atoms with E-state index >= 15 is 0 Å². The number of carbonyl (C=O) groups excluding carboxylic acids is 1. The average molecular weight is 218 g/mol. The second-order valence-electron chi connectivity index (χ2n) is 3.23. The van der Waals surface area contributed by atoms with Crippen LogP contribution in [0.1, 0.15) is 16.1 Å². The maximum atomic E-state index is 11.7. The molecule has 2 heterocycles. The predicted octanol–water partition coefficient (Wildman–Crippen LogP) is 0.343. The zero-order valence-electron chi connectivity index (χ0n) is 8.56. The van der Waals surface area contributed by atoms with E-state index in [9.17, 15) is 4.79 Å². The van der Waals surface area contributed by atoms with Gasteiger partial charge in [0.25, 0.3) is 5.91 Å². The van der Waals surface area contributed by atoms with E-state index in [0.29, 0.717) is 5.82 Å². The summed E-state index contributed by atoms with van der Waals surface area (Å²) in [6.45, 7) is 1.90. The summed E-state index contributed by atoms with van der Waals surface area (Å²) >= 11 is 0. The van der Waals surface area contributed by atoms with E-state index in [1.807, 2.05) is 13.0 Å². The molecule has 2 aromatic rings. The number of carbonyl (C=O) groups is 1. The summed E-state index contributed by atoms with van der Waals surface area (Å²) in [4.78, 5) is 15.6. The molecule has 0 aliphatic carbocycles. The first kappa shape index (κ1) is 10.1. The fraction of sp³-hybridized carbons (Fsp3) is 0.111. The van der Waals surface area contributed by atoms with Crippen LogP contribution in [0, 0.1) is 6.92 Å². The van der Waals surface area contributed by atoms with Crippen LogP contribution >= 0.6 is 0 Å². The molecule has 0 aliphatic heterocycles. The first-order valence-corrected chi connectivity index (χ1v) is 4.57. The van der Waals surface area contributed by atoms with Gasteiger partial charge in [-0.15, -0.1) is 10.2 Å². The third-order valence-corrected chi connectivity index (χ3v) is 1.95. The predicted molar refractivity (Wildman–Crippen MR) is 57.7 cm³/mol. The fourth-order valence-electron chi connectivity index (χ4n) is 1.19. The Hall–Kier alpha value is -2.44. The Labute approximate surface area is 91.1 Å². The highest BCUT2D eigenvalue weighted by atomic mass is 16.2. The molecule has 1 amide bonds. The van der Waals surface area contributed by atoms with Crippen molar-refractivity contribution in [3.63, 3.8) is 0 Å². The normalized spacial score (nSPS) is 10.1.